The molecule has 3 heterocycles. The molecular weight excluding hydrogens is 781 g/mol. The van der Waals surface area contributed by atoms with Gasteiger partial charge in [-0.2, -0.15) is 0 Å². The Bertz CT molecular complexity index is 3520. The maximum absolute atomic E-state index is 7.21. The Labute approximate surface area is 370 Å². The fourth-order valence-electron chi connectivity index (χ4n) is 10.1. The van der Waals surface area contributed by atoms with Crippen molar-refractivity contribution in [2.45, 2.75) is 5.41 Å². The number of ether oxygens (including phenoxy) is 1. The lowest BCUT2D eigenvalue weighted by Crippen LogP contribution is -2.32. The first-order valence-electron chi connectivity index (χ1n) is 21.6. The summed E-state index contributed by atoms with van der Waals surface area (Å²) in [5.41, 5.74) is 14.5. The van der Waals surface area contributed by atoms with Crippen LogP contribution in [0.15, 0.2) is 218 Å². The molecule has 64 heavy (non-hydrogen) atoms. The van der Waals surface area contributed by atoms with Crippen molar-refractivity contribution in [1.29, 1.82) is 0 Å². The minimum absolute atomic E-state index is 0.571. The molecular formula is C59H36N4O. The number of benzene rings is 9. The summed E-state index contributed by atoms with van der Waals surface area (Å²) in [6, 6.07) is 76.6. The van der Waals surface area contributed by atoms with Crippen LogP contribution in [0.1, 0.15) is 22.3 Å². The third-order valence-electron chi connectivity index (χ3n) is 13.0. The first-order chi connectivity index (χ1) is 31.7. The molecule has 5 nitrogen and oxygen atoms in total. The molecule has 298 valence electrons. The van der Waals surface area contributed by atoms with Gasteiger partial charge in [-0.25, -0.2) is 19.9 Å². The first kappa shape index (κ1) is 36.1. The molecule has 0 saturated carbocycles. The van der Waals surface area contributed by atoms with Gasteiger partial charge in [-0.05, 0) is 45.5 Å². The summed E-state index contributed by atoms with van der Waals surface area (Å²) in [5.74, 6) is 3.62. The Morgan fingerprint density at radius 3 is 1.41 bits per heavy atom. The van der Waals surface area contributed by atoms with Crippen LogP contribution < -0.4 is 4.74 Å². The molecule has 0 amide bonds. The van der Waals surface area contributed by atoms with Crippen molar-refractivity contribution >= 4 is 21.7 Å². The van der Waals surface area contributed by atoms with Crippen molar-refractivity contribution in [3.63, 3.8) is 0 Å². The van der Waals surface area contributed by atoms with E-state index in [9.17, 15) is 0 Å². The van der Waals surface area contributed by atoms with E-state index >= 15 is 0 Å². The van der Waals surface area contributed by atoms with Crippen LogP contribution in [0.5, 0.6) is 11.5 Å². The molecule has 2 aromatic heterocycles. The highest BCUT2D eigenvalue weighted by molar-refractivity contribution is 6.15. The summed E-state index contributed by atoms with van der Waals surface area (Å²) in [4.78, 5) is 20.3. The second kappa shape index (κ2) is 14.3. The highest BCUT2D eigenvalue weighted by Gasteiger charge is 2.51. The average molecular weight is 817 g/mol. The van der Waals surface area contributed by atoms with E-state index in [-0.39, 0.29) is 0 Å². The van der Waals surface area contributed by atoms with Crippen molar-refractivity contribution in [3.8, 4) is 79.2 Å². The molecule has 0 N–H and O–H groups in total. The monoisotopic (exact) mass is 816 g/mol. The highest BCUT2D eigenvalue weighted by atomic mass is 16.5. The highest BCUT2D eigenvalue weighted by Crippen LogP contribution is 2.63. The maximum Gasteiger partial charge on any atom is 0.164 e. The lowest BCUT2D eigenvalue weighted by molar-refractivity contribution is 0.442. The van der Waals surface area contributed by atoms with Gasteiger partial charge in [0, 0.05) is 49.5 Å². The molecule has 0 radical (unpaired) electrons. The maximum atomic E-state index is 7.21. The lowest BCUT2D eigenvalue weighted by Gasteiger charge is -2.40. The third-order valence-corrected chi connectivity index (χ3v) is 13.0. The number of hydrogen-bond acceptors (Lipinski definition) is 5. The number of pyridine rings is 1. The van der Waals surface area contributed by atoms with Gasteiger partial charge in [-0.3, -0.25) is 0 Å². The Kier molecular flexibility index (Phi) is 8.06. The molecule has 2 aliphatic rings. The van der Waals surface area contributed by atoms with Crippen molar-refractivity contribution in [2.24, 2.45) is 0 Å². The lowest BCUT2D eigenvalue weighted by atomic mass is 9.65. The molecule has 1 aliphatic carbocycles. The zero-order valence-corrected chi connectivity index (χ0v) is 34.5. The molecule has 0 unspecified atom stereocenters. The Morgan fingerprint density at radius 1 is 0.328 bits per heavy atom. The van der Waals surface area contributed by atoms with Crippen LogP contribution in [-0.4, -0.2) is 19.9 Å². The summed E-state index contributed by atoms with van der Waals surface area (Å²) in [6.45, 7) is 0. The second-order valence-electron chi connectivity index (χ2n) is 16.5. The molecule has 0 saturated heterocycles. The van der Waals surface area contributed by atoms with E-state index in [0.29, 0.717) is 17.5 Å². The third kappa shape index (κ3) is 5.44. The van der Waals surface area contributed by atoms with Crippen molar-refractivity contribution in [1.82, 2.24) is 19.9 Å². The number of hydrogen-bond donors (Lipinski definition) is 0. The Morgan fingerprint density at radius 2 is 0.797 bits per heavy atom. The van der Waals surface area contributed by atoms with E-state index < -0.39 is 5.41 Å². The van der Waals surface area contributed by atoms with Gasteiger partial charge >= 0.3 is 0 Å². The number of para-hydroxylation sites is 1. The fourth-order valence-corrected chi connectivity index (χ4v) is 10.1. The van der Waals surface area contributed by atoms with Gasteiger partial charge in [-0.1, -0.05) is 206 Å². The van der Waals surface area contributed by atoms with Crippen LogP contribution in [0.4, 0.5) is 0 Å². The van der Waals surface area contributed by atoms with Gasteiger partial charge in [0.1, 0.15) is 11.5 Å². The Balaban J connectivity index is 0.995. The van der Waals surface area contributed by atoms with E-state index in [1.54, 1.807) is 0 Å². The van der Waals surface area contributed by atoms with Gasteiger partial charge in [0.25, 0.3) is 0 Å². The minimum Gasteiger partial charge on any atom is -0.456 e. The SMILES string of the molecule is c1ccc(-c2nc(-c3ccccc3)nc(-c3ccc(-c4ccc5c(c4)nc(-c4ccccc4)c4ccc6c(c45)Oc4ccccc4C64c5ccccc5-c5ccccc54)cc3)n2)cc1. The summed E-state index contributed by atoms with van der Waals surface area (Å²) in [7, 11) is 0. The molecule has 5 heteroatoms. The van der Waals surface area contributed by atoms with Crippen molar-refractivity contribution in [2.75, 3.05) is 0 Å². The van der Waals surface area contributed by atoms with E-state index in [1.165, 1.54) is 22.3 Å². The van der Waals surface area contributed by atoms with Crippen molar-refractivity contribution < 1.29 is 4.74 Å². The molecule has 9 aromatic carbocycles. The largest absolute Gasteiger partial charge is 0.456 e. The van der Waals surface area contributed by atoms with E-state index in [0.717, 1.165) is 83.4 Å². The smallest absolute Gasteiger partial charge is 0.164 e. The molecule has 1 aliphatic heterocycles. The summed E-state index contributed by atoms with van der Waals surface area (Å²) in [6.07, 6.45) is 0. The standard InChI is InChI=1S/C59H36N4O/c1-4-16-38(17-5-1)54-46-34-35-50-55(64-52-27-15-14-26-49(52)59(50)47-24-12-10-22-43(47)44-23-11-13-25-48(44)59)53(46)45-33-32-42(36-51(45)60-54)37-28-30-41(31-29-37)58-62-56(39-18-6-2-7-19-39)61-57(63-58)40-20-8-3-9-21-40/h1-36H. The topological polar surface area (TPSA) is 60.8 Å². The molecule has 13 rings (SSSR count). The van der Waals surface area contributed by atoms with Crippen LogP contribution in [-0.2, 0) is 5.41 Å². The molecule has 0 atom stereocenters. The van der Waals surface area contributed by atoms with Gasteiger partial charge in [0.15, 0.2) is 17.5 Å². The predicted octanol–water partition coefficient (Wildman–Crippen LogP) is 14.4. The molecule has 1 spiro atoms. The molecule has 11 aromatic rings. The minimum atomic E-state index is -0.571. The van der Waals surface area contributed by atoms with Crippen LogP contribution in [0.25, 0.3) is 89.4 Å². The van der Waals surface area contributed by atoms with Gasteiger partial charge in [0.05, 0.1) is 16.6 Å². The van der Waals surface area contributed by atoms with Crippen molar-refractivity contribution in [3.05, 3.63) is 241 Å². The zero-order valence-electron chi connectivity index (χ0n) is 34.5. The van der Waals surface area contributed by atoms with Crippen LogP contribution in [0.2, 0.25) is 0 Å². The summed E-state index contributed by atoms with van der Waals surface area (Å²) in [5, 5.41) is 3.14. The van der Waals surface area contributed by atoms with E-state index in [4.69, 9.17) is 24.7 Å². The molecule has 0 bridgehead atoms. The normalized spacial score (nSPS) is 12.9. The number of nitrogens with zero attached hydrogens (tertiary/aromatic N) is 4. The van der Waals surface area contributed by atoms with Gasteiger partial charge in [0.2, 0.25) is 0 Å². The summed E-state index contributed by atoms with van der Waals surface area (Å²) >= 11 is 0. The number of aromatic nitrogens is 4. The predicted molar refractivity (Wildman–Crippen MR) is 257 cm³/mol. The van der Waals surface area contributed by atoms with Gasteiger partial charge < -0.3 is 4.74 Å². The van der Waals surface area contributed by atoms with Crippen LogP contribution >= 0.6 is 0 Å². The second-order valence-corrected chi connectivity index (χ2v) is 16.5. The molecule has 0 fully saturated rings. The quantitative estimate of drug-likeness (QED) is 0.162. The summed E-state index contributed by atoms with van der Waals surface area (Å²) < 4.78 is 7.21. The number of fused-ring (bicyclic) bond motifs is 13. The first-order valence-corrected chi connectivity index (χ1v) is 21.6. The fraction of sp³-hybridized carbons (Fsp3) is 0.0169. The van der Waals surface area contributed by atoms with Crippen LogP contribution in [0, 0.1) is 0 Å². The van der Waals surface area contributed by atoms with E-state index in [1.807, 2.05) is 60.7 Å². The van der Waals surface area contributed by atoms with E-state index in [2.05, 4.69) is 158 Å². The average Bonchev–Trinajstić information content (AvgIpc) is 3.67. The number of rotatable bonds is 5. The van der Waals surface area contributed by atoms with Crippen LogP contribution in [0.3, 0.4) is 0 Å². The van der Waals surface area contributed by atoms with Gasteiger partial charge in [-0.15, -0.1) is 0 Å². The Hall–Kier alpha value is -8.54. The zero-order chi connectivity index (χ0) is 42.2.